The highest BCUT2D eigenvalue weighted by molar-refractivity contribution is 5.92. The van der Waals surface area contributed by atoms with Gasteiger partial charge in [-0.3, -0.25) is 4.79 Å². The van der Waals surface area contributed by atoms with Crippen LogP contribution in [-0.4, -0.2) is 18.0 Å². The summed E-state index contributed by atoms with van der Waals surface area (Å²) < 4.78 is 0. The molecule has 0 aromatic heterocycles. The Morgan fingerprint density at radius 1 is 1.73 bits per heavy atom. The van der Waals surface area contributed by atoms with Crippen molar-refractivity contribution in [3.05, 3.63) is 11.6 Å². The summed E-state index contributed by atoms with van der Waals surface area (Å²) in [5.41, 5.74) is 5.91. The van der Waals surface area contributed by atoms with Crippen LogP contribution in [-0.2, 0) is 4.79 Å². The molecule has 0 radical (unpaired) electrons. The molecule has 1 rings (SSSR count). The fourth-order valence-electron chi connectivity index (χ4n) is 1.44. The third kappa shape index (κ3) is 2.05. The first-order chi connectivity index (χ1) is 5.09. The second-order valence-corrected chi connectivity index (χ2v) is 3.12. The summed E-state index contributed by atoms with van der Waals surface area (Å²) in [6.45, 7) is 4.06. The third-order valence-electron chi connectivity index (χ3n) is 1.84. The van der Waals surface area contributed by atoms with E-state index in [2.05, 4.69) is 5.32 Å². The lowest BCUT2D eigenvalue weighted by molar-refractivity contribution is -0.114. The molecule has 1 aliphatic rings. The van der Waals surface area contributed by atoms with E-state index in [-0.39, 0.29) is 11.9 Å². The highest BCUT2D eigenvalue weighted by Gasteiger charge is 2.17. The zero-order valence-electron chi connectivity index (χ0n) is 6.92. The van der Waals surface area contributed by atoms with Crippen molar-refractivity contribution in [3.63, 3.8) is 0 Å². The Hall–Kier alpha value is -0.830. The van der Waals surface area contributed by atoms with Gasteiger partial charge in [0, 0.05) is 17.7 Å². The van der Waals surface area contributed by atoms with Crippen molar-refractivity contribution in [1.29, 1.82) is 0 Å². The van der Waals surface area contributed by atoms with Crippen molar-refractivity contribution in [1.82, 2.24) is 5.32 Å². The van der Waals surface area contributed by atoms with Gasteiger partial charge in [-0.15, -0.1) is 0 Å². The summed E-state index contributed by atoms with van der Waals surface area (Å²) >= 11 is 0. The van der Waals surface area contributed by atoms with Gasteiger partial charge >= 0.3 is 0 Å². The fourth-order valence-corrected chi connectivity index (χ4v) is 1.44. The molecule has 2 unspecified atom stereocenters. The van der Waals surface area contributed by atoms with Gasteiger partial charge < -0.3 is 11.1 Å². The highest BCUT2D eigenvalue weighted by Crippen LogP contribution is 2.12. The molecule has 2 atom stereocenters. The van der Waals surface area contributed by atoms with Crippen LogP contribution in [0, 0.1) is 0 Å². The maximum atomic E-state index is 10.8. The molecule has 3 nitrogen and oxygen atoms in total. The molecule has 0 bridgehead atoms. The Morgan fingerprint density at radius 2 is 2.36 bits per heavy atom. The van der Waals surface area contributed by atoms with Gasteiger partial charge in [-0.1, -0.05) is 6.08 Å². The largest absolute Gasteiger partial charge is 0.366 e. The van der Waals surface area contributed by atoms with Gasteiger partial charge in [0.1, 0.15) is 0 Å². The van der Waals surface area contributed by atoms with Gasteiger partial charge in [0.25, 0.3) is 0 Å². The quantitative estimate of drug-likeness (QED) is 0.565. The number of carbonyl (C=O) groups is 1. The summed E-state index contributed by atoms with van der Waals surface area (Å²) in [6.07, 6.45) is 2.64. The van der Waals surface area contributed by atoms with Gasteiger partial charge in [-0.2, -0.15) is 0 Å². The van der Waals surface area contributed by atoms with E-state index in [9.17, 15) is 4.79 Å². The minimum Gasteiger partial charge on any atom is -0.366 e. The first-order valence-electron chi connectivity index (χ1n) is 3.86. The van der Waals surface area contributed by atoms with Crippen molar-refractivity contribution in [2.75, 3.05) is 0 Å². The topological polar surface area (TPSA) is 55.1 Å². The number of hydrogen-bond donors (Lipinski definition) is 2. The van der Waals surface area contributed by atoms with Gasteiger partial charge in [0.2, 0.25) is 5.91 Å². The van der Waals surface area contributed by atoms with Gasteiger partial charge in [0.15, 0.2) is 0 Å². The van der Waals surface area contributed by atoms with Crippen LogP contribution in [0.3, 0.4) is 0 Å². The number of nitrogens with one attached hydrogen (secondary N) is 1. The van der Waals surface area contributed by atoms with Crippen molar-refractivity contribution in [2.24, 2.45) is 5.73 Å². The second kappa shape index (κ2) is 3.05. The van der Waals surface area contributed by atoms with Crippen LogP contribution in [0.5, 0.6) is 0 Å². The zero-order valence-corrected chi connectivity index (χ0v) is 6.92. The Morgan fingerprint density at radius 3 is 2.82 bits per heavy atom. The molecule has 0 aromatic rings. The van der Waals surface area contributed by atoms with Crippen molar-refractivity contribution in [2.45, 2.75) is 32.4 Å². The molecule has 11 heavy (non-hydrogen) atoms. The molecule has 3 heteroatoms. The van der Waals surface area contributed by atoms with Gasteiger partial charge in [-0.25, -0.2) is 0 Å². The molecule has 0 aliphatic carbocycles. The monoisotopic (exact) mass is 154 g/mol. The summed E-state index contributed by atoms with van der Waals surface area (Å²) in [6, 6.07) is 0.624. The fraction of sp³-hybridized carbons (Fsp3) is 0.625. The standard InChI is InChI=1S/C8H14N2O/c1-5-3-7(8(9)11)4-6(2)10-5/h3,5-6,10H,4H2,1-2H3,(H2,9,11). The molecule has 62 valence electrons. The van der Waals surface area contributed by atoms with E-state index < -0.39 is 0 Å². The number of nitrogens with two attached hydrogens (primary N) is 1. The smallest absolute Gasteiger partial charge is 0.244 e. The number of primary amides is 1. The summed E-state index contributed by atoms with van der Waals surface area (Å²) in [7, 11) is 0. The first-order valence-corrected chi connectivity index (χ1v) is 3.86. The molecule has 1 heterocycles. The number of amides is 1. The summed E-state index contributed by atoms with van der Waals surface area (Å²) in [5, 5.41) is 3.28. The molecule has 1 aliphatic heterocycles. The van der Waals surface area contributed by atoms with Crippen molar-refractivity contribution < 1.29 is 4.79 Å². The summed E-state index contributed by atoms with van der Waals surface area (Å²) in [5.74, 6) is -0.287. The van der Waals surface area contributed by atoms with E-state index in [1.54, 1.807) is 0 Å². The minimum absolute atomic E-state index is 0.265. The number of hydrogen-bond acceptors (Lipinski definition) is 2. The van der Waals surface area contributed by atoms with Crippen LogP contribution >= 0.6 is 0 Å². The highest BCUT2D eigenvalue weighted by atomic mass is 16.1. The van der Waals surface area contributed by atoms with Crippen LogP contribution in [0.15, 0.2) is 11.6 Å². The van der Waals surface area contributed by atoms with Crippen molar-refractivity contribution >= 4 is 5.91 Å². The van der Waals surface area contributed by atoms with Crippen LogP contribution in [0.2, 0.25) is 0 Å². The van der Waals surface area contributed by atoms with Gasteiger partial charge in [-0.05, 0) is 20.3 Å². The average molecular weight is 154 g/mol. The maximum absolute atomic E-state index is 10.8. The molecular formula is C8H14N2O. The molecule has 3 N–H and O–H groups in total. The molecule has 0 saturated carbocycles. The number of carbonyl (C=O) groups excluding carboxylic acids is 1. The molecule has 0 fully saturated rings. The van der Waals surface area contributed by atoms with Crippen LogP contribution in [0.4, 0.5) is 0 Å². The lowest BCUT2D eigenvalue weighted by Gasteiger charge is -2.24. The normalized spacial score (nSPS) is 31.3. The molecular weight excluding hydrogens is 140 g/mol. The Labute approximate surface area is 66.6 Å². The van der Waals surface area contributed by atoms with E-state index >= 15 is 0 Å². The molecule has 0 saturated heterocycles. The van der Waals surface area contributed by atoms with Crippen LogP contribution < -0.4 is 11.1 Å². The predicted molar refractivity (Wildman–Crippen MR) is 44.0 cm³/mol. The second-order valence-electron chi connectivity index (χ2n) is 3.12. The maximum Gasteiger partial charge on any atom is 0.244 e. The lowest BCUT2D eigenvalue weighted by atomic mass is 9.99. The van der Waals surface area contributed by atoms with Crippen LogP contribution in [0.25, 0.3) is 0 Å². The molecule has 1 amide bonds. The average Bonchev–Trinajstić information content (AvgIpc) is 1.85. The predicted octanol–water partition coefficient (Wildman–Crippen LogP) is 0.168. The van der Waals surface area contributed by atoms with E-state index in [0.717, 1.165) is 12.0 Å². The Kier molecular flexibility index (Phi) is 2.29. The van der Waals surface area contributed by atoms with E-state index in [1.807, 2.05) is 19.9 Å². The molecule has 0 spiro atoms. The van der Waals surface area contributed by atoms with E-state index in [0.29, 0.717) is 6.04 Å². The Balaban J connectivity index is 2.72. The Bertz CT molecular complexity index is 198. The van der Waals surface area contributed by atoms with Crippen molar-refractivity contribution in [3.8, 4) is 0 Å². The van der Waals surface area contributed by atoms with E-state index in [4.69, 9.17) is 5.73 Å². The van der Waals surface area contributed by atoms with Gasteiger partial charge in [0.05, 0.1) is 0 Å². The van der Waals surface area contributed by atoms with E-state index in [1.165, 1.54) is 0 Å². The SMILES string of the molecule is CC1C=C(C(N)=O)CC(C)N1. The number of rotatable bonds is 1. The summed E-state index contributed by atoms with van der Waals surface area (Å²) in [4.78, 5) is 10.8. The first kappa shape index (κ1) is 8.27. The van der Waals surface area contributed by atoms with Crippen LogP contribution in [0.1, 0.15) is 20.3 Å². The third-order valence-corrected chi connectivity index (χ3v) is 1.84. The molecule has 0 aromatic carbocycles. The zero-order chi connectivity index (χ0) is 8.43. The minimum atomic E-state index is -0.287. The lowest BCUT2D eigenvalue weighted by Crippen LogP contribution is -2.39.